The first-order valence-electron chi connectivity index (χ1n) is 16.9. The van der Waals surface area contributed by atoms with Crippen LogP contribution in [0.15, 0.2) is 170 Å². The summed E-state index contributed by atoms with van der Waals surface area (Å²) in [6, 6.07) is 62.1. The minimum Gasteiger partial charge on any atom is -0.456 e. The highest BCUT2D eigenvalue weighted by Crippen LogP contribution is 2.49. The van der Waals surface area contributed by atoms with Crippen molar-refractivity contribution in [3.05, 3.63) is 170 Å². The van der Waals surface area contributed by atoms with Crippen LogP contribution >= 0.6 is 0 Å². The molecular weight excluding hydrogens is 593 g/mol. The number of rotatable bonds is 3. The summed E-state index contributed by atoms with van der Waals surface area (Å²) in [4.78, 5) is 0. The predicted octanol–water partition coefficient (Wildman–Crippen LogP) is 13.7. The van der Waals surface area contributed by atoms with E-state index < -0.39 is 0 Å². The van der Waals surface area contributed by atoms with Crippen molar-refractivity contribution in [3.63, 3.8) is 0 Å². The zero-order chi connectivity index (χ0) is 32.1. The van der Waals surface area contributed by atoms with Crippen LogP contribution in [0.1, 0.15) is 0 Å². The molecule has 0 saturated heterocycles. The van der Waals surface area contributed by atoms with Crippen molar-refractivity contribution >= 4 is 53.9 Å². The monoisotopic (exact) mass is 620 g/mol. The molecule has 0 aromatic heterocycles. The maximum atomic E-state index is 6.54. The third kappa shape index (κ3) is 3.94. The van der Waals surface area contributed by atoms with Gasteiger partial charge in [0.15, 0.2) is 0 Å². The Labute approximate surface area is 283 Å². The van der Waals surface area contributed by atoms with Gasteiger partial charge in [0.05, 0.1) is 0 Å². The Balaban J connectivity index is 1.03. The highest BCUT2D eigenvalue weighted by atomic mass is 16.5. The second kappa shape index (κ2) is 10.0. The third-order valence-electron chi connectivity index (χ3n) is 10.6. The van der Waals surface area contributed by atoms with Crippen LogP contribution in [0, 0.1) is 0 Å². The van der Waals surface area contributed by atoms with Gasteiger partial charge in [-0.25, -0.2) is 0 Å². The summed E-state index contributed by atoms with van der Waals surface area (Å²) in [7, 11) is 0. The molecule has 226 valence electrons. The van der Waals surface area contributed by atoms with Crippen molar-refractivity contribution in [2.24, 2.45) is 0 Å². The lowest BCUT2D eigenvalue weighted by molar-refractivity contribution is 0.487. The van der Waals surface area contributed by atoms with E-state index in [1.54, 1.807) is 0 Å². The van der Waals surface area contributed by atoms with Gasteiger partial charge in [-0.3, -0.25) is 0 Å². The van der Waals surface area contributed by atoms with Crippen molar-refractivity contribution in [1.29, 1.82) is 0 Å². The van der Waals surface area contributed by atoms with Crippen molar-refractivity contribution in [3.8, 4) is 56.0 Å². The van der Waals surface area contributed by atoms with E-state index in [1.807, 2.05) is 0 Å². The first kappa shape index (κ1) is 26.6. The number of hydrogen-bond donors (Lipinski definition) is 0. The molecular formula is C48H28O. The molecule has 1 nitrogen and oxygen atoms in total. The second-order valence-corrected chi connectivity index (χ2v) is 13.3. The fraction of sp³-hybridized carbons (Fsp3) is 0. The highest BCUT2D eigenvalue weighted by Gasteiger charge is 2.22. The van der Waals surface area contributed by atoms with E-state index >= 15 is 0 Å². The molecule has 1 heterocycles. The Morgan fingerprint density at radius 3 is 1.71 bits per heavy atom. The molecule has 0 fully saturated rings. The lowest BCUT2D eigenvalue weighted by atomic mass is 9.88. The molecule has 10 aromatic rings. The van der Waals surface area contributed by atoms with Crippen molar-refractivity contribution in [2.75, 3.05) is 0 Å². The smallest absolute Gasteiger partial charge is 0.135 e. The predicted molar refractivity (Wildman–Crippen MR) is 207 cm³/mol. The fourth-order valence-corrected chi connectivity index (χ4v) is 8.30. The molecule has 0 unspecified atom stereocenters. The van der Waals surface area contributed by atoms with E-state index in [2.05, 4.69) is 170 Å². The van der Waals surface area contributed by atoms with Crippen LogP contribution in [0.25, 0.3) is 98.4 Å². The van der Waals surface area contributed by atoms with E-state index in [4.69, 9.17) is 4.74 Å². The van der Waals surface area contributed by atoms with Gasteiger partial charge in [0.25, 0.3) is 0 Å². The Morgan fingerprint density at radius 2 is 0.878 bits per heavy atom. The largest absolute Gasteiger partial charge is 0.456 e. The number of hydrogen-bond acceptors (Lipinski definition) is 1. The first-order chi connectivity index (χ1) is 24.3. The Kier molecular flexibility index (Phi) is 5.45. The van der Waals surface area contributed by atoms with Crippen molar-refractivity contribution < 1.29 is 4.74 Å². The normalized spacial score (nSPS) is 12.2. The van der Waals surface area contributed by atoms with Crippen LogP contribution in [0.3, 0.4) is 0 Å². The molecule has 1 heteroatoms. The molecule has 0 spiro atoms. The van der Waals surface area contributed by atoms with E-state index in [0.717, 1.165) is 17.1 Å². The Hall–Kier alpha value is -6.44. The van der Waals surface area contributed by atoms with Gasteiger partial charge < -0.3 is 4.74 Å². The zero-order valence-corrected chi connectivity index (χ0v) is 26.6. The summed E-state index contributed by atoms with van der Waals surface area (Å²) in [5.74, 6) is 1.81. The van der Waals surface area contributed by atoms with E-state index in [9.17, 15) is 0 Å². The summed E-state index contributed by atoms with van der Waals surface area (Å²) in [5, 5.41) is 12.8. The van der Waals surface area contributed by atoms with Gasteiger partial charge in [0.2, 0.25) is 0 Å². The molecule has 0 amide bonds. The van der Waals surface area contributed by atoms with Crippen molar-refractivity contribution in [2.45, 2.75) is 0 Å². The minimum absolute atomic E-state index is 0.897. The third-order valence-corrected chi connectivity index (χ3v) is 10.6. The average molecular weight is 621 g/mol. The number of fused-ring (bicyclic) bond motifs is 3. The minimum atomic E-state index is 0.897. The quantitative estimate of drug-likeness (QED) is 0.179. The molecule has 10 aromatic carbocycles. The van der Waals surface area contributed by atoms with Crippen LogP contribution < -0.4 is 4.74 Å². The van der Waals surface area contributed by atoms with Crippen LogP contribution in [0.2, 0.25) is 0 Å². The molecule has 1 aliphatic heterocycles. The molecule has 49 heavy (non-hydrogen) atoms. The maximum Gasteiger partial charge on any atom is 0.135 e. The SMILES string of the molecule is c1ccc(-c2ccc3c4c(cccc24)-c2cc(-c4ccc5c(-c6cc7ccc8cccc9ccc(c6)c7c89)cccc5c4)ccc2O3)cc1. The number of ether oxygens (including phenoxy) is 1. The molecule has 1 aliphatic rings. The highest BCUT2D eigenvalue weighted by molar-refractivity contribution is 6.24. The van der Waals surface area contributed by atoms with Crippen LogP contribution in [-0.4, -0.2) is 0 Å². The van der Waals surface area contributed by atoms with Gasteiger partial charge in [0, 0.05) is 10.9 Å². The average Bonchev–Trinajstić information content (AvgIpc) is 3.17. The lowest BCUT2D eigenvalue weighted by Crippen LogP contribution is -1.98. The topological polar surface area (TPSA) is 9.23 Å². The first-order valence-corrected chi connectivity index (χ1v) is 16.9. The van der Waals surface area contributed by atoms with Crippen LogP contribution in [-0.2, 0) is 0 Å². The van der Waals surface area contributed by atoms with Gasteiger partial charge in [-0.15, -0.1) is 0 Å². The Bertz CT molecular complexity index is 2890. The van der Waals surface area contributed by atoms with Gasteiger partial charge >= 0.3 is 0 Å². The fourth-order valence-electron chi connectivity index (χ4n) is 8.30. The van der Waals surface area contributed by atoms with E-state index in [-0.39, 0.29) is 0 Å². The standard InChI is InChI=1S/C48H28O/c1-2-7-29(8-3-1)39-22-24-45-48-41(39)13-6-14-42(48)43-28-33(20-23-44(43)49-45)32-19-21-40-34(25-32)11-5-12-38(40)37-26-35-17-15-30-9-4-10-31-16-18-36(27-37)47(35)46(30)31/h1-28H. The maximum absolute atomic E-state index is 6.54. The molecule has 0 N–H and O–H groups in total. The summed E-state index contributed by atoms with van der Waals surface area (Å²) < 4.78 is 6.54. The molecule has 0 atom stereocenters. The molecule has 0 bridgehead atoms. The summed E-state index contributed by atoms with van der Waals surface area (Å²) in [5.41, 5.74) is 9.65. The second-order valence-electron chi connectivity index (χ2n) is 13.3. The molecule has 0 saturated carbocycles. The van der Waals surface area contributed by atoms with E-state index in [1.165, 1.54) is 92.8 Å². The molecule has 0 aliphatic carbocycles. The van der Waals surface area contributed by atoms with Gasteiger partial charge in [-0.1, -0.05) is 133 Å². The summed E-state index contributed by atoms with van der Waals surface area (Å²) >= 11 is 0. The van der Waals surface area contributed by atoms with Gasteiger partial charge in [0.1, 0.15) is 11.5 Å². The van der Waals surface area contributed by atoms with E-state index in [0.29, 0.717) is 0 Å². The molecule has 11 rings (SSSR count). The van der Waals surface area contributed by atoms with Gasteiger partial charge in [-0.2, -0.15) is 0 Å². The summed E-state index contributed by atoms with van der Waals surface area (Å²) in [6.45, 7) is 0. The summed E-state index contributed by atoms with van der Waals surface area (Å²) in [6.07, 6.45) is 0. The zero-order valence-electron chi connectivity index (χ0n) is 26.6. The van der Waals surface area contributed by atoms with Crippen LogP contribution in [0.5, 0.6) is 11.5 Å². The van der Waals surface area contributed by atoms with Gasteiger partial charge in [-0.05, 0) is 124 Å². The lowest BCUT2D eigenvalue weighted by Gasteiger charge is -2.23. The number of benzene rings is 10. The van der Waals surface area contributed by atoms with Crippen LogP contribution in [0.4, 0.5) is 0 Å². The van der Waals surface area contributed by atoms with Crippen molar-refractivity contribution in [1.82, 2.24) is 0 Å². The molecule has 0 radical (unpaired) electrons. The Morgan fingerprint density at radius 1 is 0.265 bits per heavy atom.